The minimum atomic E-state index is 1.11. The maximum atomic E-state index is 2.51. The average Bonchev–Trinajstić information content (AvgIpc) is 1.66. The van der Waals surface area contributed by atoms with Crippen LogP contribution in [-0.2, 0) is 0 Å². The zero-order valence-corrected chi connectivity index (χ0v) is 47.9. The van der Waals surface area contributed by atoms with Crippen LogP contribution in [0.1, 0.15) is 0 Å². The minimum Gasteiger partial charge on any atom is -0.309 e. The molecule has 0 spiro atoms. The van der Waals surface area contributed by atoms with Gasteiger partial charge in [0.05, 0.1) is 11.0 Å². The Balaban J connectivity index is 0.936. The number of rotatable bonds is 11. The molecule has 0 aliphatic heterocycles. The molecular weight excluding hydrogens is 1060 g/mol. The Kier molecular flexibility index (Phi) is 12.8. The standard InChI is InChI=1S/C83H55N2S/c1-6-27-56(28-7-1)59-49-60(57-29-8-2-9-30-57)51-61(50-59)66-37-16-18-39-68(66)70-41-20-22-43-72(70)75-46-26-47-76-80-81-77(74-45-24-25-48-79(74)85(81)65-35-14-5-15-36-65)53-78(83(80)86-82(75)76)73-44-23-21-42-71(73)69-40-19-17-38-67(69)63-52-62(58-31-10-3-11-32-58)54-84(55-63)64-33-12-4-13-34-64/h1-55H/q+1. The molecule has 0 atom stereocenters. The molecular formula is C83H55N2S+. The SMILES string of the molecule is c1ccc(-c2cc(-c3ccccc3)cc(-c3ccccc3-c3ccccc3-c3cccc4c3sc3c(-c5ccccc5-c5ccccc5-c5cc(-c6ccccc6)c[n+](-c6ccccc6)c5)cc5c6ccccc6n(-c6ccccc6)c5c34)c2)cc1. The summed E-state index contributed by atoms with van der Waals surface area (Å²) in [4.78, 5) is 0. The molecule has 0 radical (unpaired) electrons. The molecule has 0 bridgehead atoms. The van der Waals surface area contributed by atoms with E-state index in [1.54, 1.807) is 0 Å². The Hall–Kier alpha value is -11.0. The fourth-order valence-corrected chi connectivity index (χ4v) is 14.5. The topological polar surface area (TPSA) is 8.81 Å². The van der Waals surface area contributed by atoms with Crippen molar-refractivity contribution in [1.82, 2.24) is 4.57 Å². The summed E-state index contributed by atoms with van der Waals surface area (Å²) in [5, 5.41) is 4.94. The summed E-state index contributed by atoms with van der Waals surface area (Å²) in [6.07, 6.45) is 4.54. The minimum absolute atomic E-state index is 1.11. The van der Waals surface area contributed by atoms with E-state index < -0.39 is 0 Å². The Morgan fingerprint density at radius 3 is 1.22 bits per heavy atom. The van der Waals surface area contributed by atoms with Crippen molar-refractivity contribution in [3.05, 3.63) is 334 Å². The van der Waals surface area contributed by atoms with Gasteiger partial charge in [-0.1, -0.05) is 261 Å². The predicted molar refractivity (Wildman–Crippen MR) is 364 cm³/mol. The third-order valence-electron chi connectivity index (χ3n) is 17.1. The van der Waals surface area contributed by atoms with Crippen LogP contribution in [0.2, 0.25) is 0 Å². The third-order valence-corrected chi connectivity index (χ3v) is 18.4. The number of fused-ring (bicyclic) bond motifs is 7. The van der Waals surface area contributed by atoms with Crippen LogP contribution in [-0.4, -0.2) is 4.57 Å². The van der Waals surface area contributed by atoms with Crippen LogP contribution in [0.15, 0.2) is 334 Å². The number of benzene rings is 13. The lowest BCUT2D eigenvalue weighted by Crippen LogP contribution is -2.30. The molecule has 2 nitrogen and oxygen atoms in total. The molecule has 3 heterocycles. The van der Waals surface area contributed by atoms with Gasteiger partial charge in [0, 0.05) is 71.0 Å². The molecule has 0 aliphatic rings. The maximum absolute atomic E-state index is 2.51. The Morgan fingerprint density at radius 2 is 0.640 bits per heavy atom. The first-order valence-electron chi connectivity index (χ1n) is 29.5. The first-order chi connectivity index (χ1) is 42.7. The summed E-state index contributed by atoms with van der Waals surface area (Å²) in [6, 6.07) is 118. The normalized spacial score (nSPS) is 11.5. The van der Waals surface area contributed by atoms with E-state index in [1.807, 2.05) is 11.3 Å². The van der Waals surface area contributed by atoms with Crippen LogP contribution in [0, 0.1) is 0 Å². The number of pyridine rings is 1. The molecule has 0 saturated heterocycles. The largest absolute Gasteiger partial charge is 0.309 e. The van der Waals surface area contributed by atoms with Gasteiger partial charge < -0.3 is 4.57 Å². The van der Waals surface area contributed by atoms with Crippen LogP contribution >= 0.6 is 11.3 Å². The zero-order valence-electron chi connectivity index (χ0n) is 47.1. The molecule has 0 aliphatic carbocycles. The van der Waals surface area contributed by atoms with Crippen LogP contribution in [0.5, 0.6) is 0 Å². The van der Waals surface area contributed by atoms with Crippen LogP contribution in [0.25, 0.3) is 153 Å². The second-order valence-corrected chi connectivity index (χ2v) is 23.2. The lowest BCUT2D eigenvalue weighted by Gasteiger charge is -2.17. The van der Waals surface area contributed by atoms with Gasteiger partial charge in [-0.05, 0) is 126 Å². The molecule has 13 aromatic carbocycles. The highest BCUT2D eigenvalue weighted by Gasteiger charge is 2.26. The smallest absolute Gasteiger partial charge is 0.210 e. The van der Waals surface area contributed by atoms with E-state index in [1.165, 1.54) is 131 Å². The van der Waals surface area contributed by atoms with Crippen molar-refractivity contribution in [3.63, 3.8) is 0 Å². The first-order valence-corrected chi connectivity index (χ1v) is 30.3. The lowest BCUT2D eigenvalue weighted by atomic mass is 9.87. The van der Waals surface area contributed by atoms with Crippen molar-refractivity contribution in [2.24, 2.45) is 0 Å². The van der Waals surface area contributed by atoms with Crippen molar-refractivity contribution in [3.8, 4) is 112 Å². The number of nitrogens with zero attached hydrogens (tertiary/aromatic N) is 2. The monoisotopic (exact) mass is 1110 g/mol. The second-order valence-electron chi connectivity index (χ2n) is 22.1. The summed E-state index contributed by atoms with van der Waals surface area (Å²) in [6.45, 7) is 0. The van der Waals surface area contributed by atoms with Gasteiger partial charge in [-0.25, -0.2) is 0 Å². The van der Waals surface area contributed by atoms with Gasteiger partial charge in [0.1, 0.15) is 0 Å². The summed E-state index contributed by atoms with van der Waals surface area (Å²) >= 11 is 1.92. The molecule has 0 saturated carbocycles. The van der Waals surface area contributed by atoms with E-state index in [-0.39, 0.29) is 0 Å². The van der Waals surface area contributed by atoms with Gasteiger partial charge in [-0.15, -0.1) is 11.3 Å². The highest BCUT2D eigenvalue weighted by Crippen LogP contribution is 2.52. The Morgan fingerprint density at radius 1 is 0.244 bits per heavy atom. The zero-order chi connectivity index (χ0) is 56.9. The van der Waals surface area contributed by atoms with E-state index >= 15 is 0 Å². The fourth-order valence-electron chi connectivity index (χ4n) is 13.2. The van der Waals surface area contributed by atoms with Gasteiger partial charge in [-0.3, -0.25) is 0 Å². The molecule has 3 heteroatoms. The number of thiophene rings is 1. The molecule has 16 aromatic rings. The van der Waals surface area contributed by atoms with E-state index in [2.05, 4.69) is 343 Å². The molecule has 0 fully saturated rings. The highest BCUT2D eigenvalue weighted by atomic mass is 32.1. The summed E-state index contributed by atoms with van der Waals surface area (Å²) in [7, 11) is 0. The van der Waals surface area contributed by atoms with Crippen LogP contribution < -0.4 is 4.57 Å². The second kappa shape index (κ2) is 21.7. The van der Waals surface area contributed by atoms with Gasteiger partial charge >= 0.3 is 0 Å². The lowest BCUT2D eigenvalue weighted by molar-refractivity contribution is -0.594. The van der Waals surface area contributed by atoms with E-state index in [0.29, 0.717) is 0 Å². The fraction of sp³-hybridized carbons (Fsp3) is 0. The highest BCUT2D eigenvalue weighted by molar-refractivity contribution is 7.27. The van der Waals surface area contributed by atoms with Crippen molar-refractivity contribution in [2.45, 2.75) is 0 Å². The van der Waals surface area contributed by atoms with Gasteiger partial charge in [0.2, 0.25) is 5.69 Å². The summed E-state index contributed by atoms with van der Waals surface area (Å²) in [5.74, 6) is 0. The number of hydrogen-bond acceptors (Lipinski definition) is 1. The number of para-hydroxylation sites is 3. The van der Waals surface area contributed by atoms with E-state index in [9.17, 15) is 0 Å². The maximum Gasteiger partial charge on any atom is 0.210 e. The molecule has 16 rings (SSSR count). The Bertz CT molecular complexity index is 5080. The third kappa shape index (κ3) is 8.93. The van der Waals surface area contributed by atoms with Crippen molar-refractivity contribution < 1.29 is 4.57 Å². The number of aromatic nitrogens is 2. The molecule has 0 unspecified atom stereocenters. The van der Waals surface area contributed by atoms with Gasteiger partial charge in [0.25, 0.3) is 0 Å². The van der Waals surface area contributed by atoms with Crippen LogP contribution in [0.4, 0.5) is 0 Å². The van der Waals surface area contributed by atoms with Gasteiger partial charge in [-0.2, -0.15) is 4.57 Å². The molecule has 3 aromatic heterocycles. The average molecular weight is 1110 g/mol. The van der Waals surface area contributed by atoms with Crippen molar-refractivity contribution in [1.29, 1.82) is 0 Å². The molecule has 0 amide bonds. The number of hydrogen-bond donors (Lipinski definition) is 0. The predicted octanol–water partition coefficient (Wildman–Crippen LogP) is 22.4. The van der Waals surface area contributed by atoms with Crippen molar-refractivity contribution >= 4 is 53.3 Å². The molecule has 0 N–H and O–H groups in total. The summed E-state index contributed by atoms with van der Waals surface area (Å²) in [5.41, 5.74) is 25.9. The first kappa shape index (κ1) is 50.7. The Labute approximate surface area is 504 Å². The molecule has 402 valence electrons. The van der Waals surface area contributed by atoms with Crippen molar-refractivity contribution in [2.75, 3.05) is 0 Å². The van der Waals surface area contributed by atoms with E-state index in [0.717, 1.165) is 22.5 Å². The van der Waals surface area contributed by atoms with Crippen LogP contribution in [0.3, 0.4) is 0 Å². The van der Waals surface area contributed by atoms with E-state index in [4.69, 9.17) is 0 Å². The quantitative estimate of drug-likeness (QED) is 0.114. The summed E-state index contributed by atoms with van der Waals surface area (Å²) < 4.78 is 7.29. The molecule has 86 heavy (non-hydrogen) atoms. The van der Waals surface area contributed by atoms with Gasteiger partial charge in [0.15, 0.2) is 12.4 Å².